The first-order chi connectivity index (χ1) is 9.61. The molecule has 3 heteroatoms. The van der Waals surface area contributed by atoms with Crippen LogP contribution in [0.5, 0.6) is 0 Å². The van der Waals surface area contributed by atoms with E-state index in [0.29, 0.717) is 5.56 Å². The second-order valence-corrected chi connectivity index (χ2v) is 5.36. The van der Waals surface area contributed by atoms with Gasteiger partial charge < -0.3 is 5.32 Å². The third kappa shape index (κ3) is 2.31. The normalized spacial score (nSPS) is 15.7. The maximum atomic E-state index is 13.3. The number of hydrogen-bond donors (Lipinski definition) is 1. The van der Waals surface area contributed by atoms with Crippen molar-refractivity contribution in [2.45, 2.75) is 25.3 Å². The molecule has 0 spiro atoms. The van der Waals surface area contributed by atoms with Crippen LogP contribution in [0, 0.1) is 12.7 Å². The van der Waals surface area contributed by atoms with Crippen molar-refractivity contribution in [3.63, 3.8) is 0 Å². The number of hydrogen-bond acceptors (Lipinski definition) is 1. The van der Waals surface area contributed by atoms with Gasteiger partial charge in [-0.25, -0.2) is 4.39 Å². The van der Waals surface area contributed by atoms with Gasteiger partial charge in [-0.3, -0.25) is 4.79 Å². The van der Waals surface area contributed by atoms with Crippen molar-refractivity contribution in [2.24, 2.45) is 0 Å². The number of aryl methyl sites for hydroxylation is 1. The number of benzene rings is 2. The van der Waals surface area contributed by atoms with Crippen LogP contribution in [0.3, 0.4) is 0 Å². The minimum Gasteiger partial charge on any atom is -0.343 e. The van der Waals surface area contributed by atoms with Crippen molar-refractivity contribution in [3.05, 3.63) is 71.0 Å². The Bertz CT molecular complexity index is 662. The molecule has 0 aliphatic heterocycles. The van der Waals surface area contributed by atoms with Gasteiger partial charge in [0.25, 0.3) is 5.91 Å². The van der Waals surface area contributed by atoms with Crippen LogP contribution in [0.15, 0.2) is 48.5 Å². The highest BCUT2D eigenvalue weighted by Crippen LogP contribution is 2.45. The van der Waals surface area contributed by atoms with Gasteiger partial charge in [-0.05, 0) is 49.1 Å². The largest absolute Gasteiger partial charge is 0.343 e. The number of amides is 1. The standard InChI is InChI=1S/C17H16FNO/c1-12-5-2-3-8-15(12)16(20)19-17(9-10-17)13-6-4-7-14(18)11-13/h2-8,11H,9-10H2,1H3,(H,19,20). The molecule has 1 aliphatic carbocycles. The number of carbonyl (C=O) groups excluding carboxylic acids is 1. The summed E-state index contributed by atoms with van der Waals surface area (Å²) in [6, 6.07) is 14.0. The molecule has 1 amide bonds. The Hall–Kier alpha value is -2.16. The van der Waals surface area contributed by atoms with E-state index in [0.717, 1.165) is 24.0 Å². The Morgan fingerprint density at radius 2 is 1.90 bits per heavy atom. The van der Waals surface area contributed by atoms with E-state index >= 15 is 0 Å². The molecule has 0 radical (unpaired) electrons. The number of rotatable bonds is 3. The summed E-state index contributed by atoms with van der Waals surface area (Å²) in [7, 11) is 0. The molecule has 1 fully saturated rings. The molecule has 20 heavy (non-hydrogen) atoms. The summed E-state index contributed by atoms with van der Waals surface area (Å²) in [4.78, 5) is 12.4. The maximum absolute atomic E-state index is 13.3. The van der Waals surface area contributed by atoms with Crippen LogP contribution in [0.1, 0.15) is 34.3 Å². The van der Waals surface area contributed by atoms with Gasteiger partial charge in [0.15, 0.2) is 0 Å². The summed E-state index contributed by atoms with van der Waals surface area (Å²) in [6.45, 7) is 1.91. The maximum Gasteiger partial charge on any atom is 0.252 e. The van der Waals surface area contributed by atoms with Crippen molar-refractivity contribution in [1.29, 1.82) is 0 Å². The fourth-order valence-electron chi connectivity index (χ4n) is 2.51. The minimum atomic E-state index is -0.387. The van der Waals surface area contributed by atoms with E-state index in [1.807, 2.05) is 37.3 Å². The predicted octanol–water partition coefficient (Wildman–Crippen LogP) is 3.55. The first-order valence-corrected chi connectivity index (χ1v) is 6.75. The quantitative estimate of drug-likeness (QED) is 0.907. The van der Waals surface area contributed by atoms with Crippen LogP contribution in [0.25, 0.3) is 0 Å². The Morgan fingerprint density at radius 3 is 2.55 bits per heavy atom. The molecular formula is C17H16FNO. The topological polar surface area (TPSA) is 29.1 Å². The van der Waals surface area contributed by atoms with Crippen LogP contribution in [-0.2, 0) is 5.54 Å². The Kier molecular flexibility index (Phi) is 3.05. The summed E-state index contributed by atoms with van der Waals surface area (Å²) in [6.07, 6.45) is 1.71. The molecule has 0 aromatic heterocycles. The van der Waals surface area contributed by atoms with Gasteiger partial charge in [-0.15, -0.1) is 0 Å². The molecule has 102 valence electrons. The molecule has 2 nitrogen and oxygen atoms in total. The van der Waals surface area contributed by atoms with Gasteiger partial charge in [0.2, 0.25) is 0 Å². The first kappa shape index (κ1) is 12.9. The highest BCUT2D eigenvalue weighted by Gasteiger charge is 2.45. The number of carbonyl (C=O) groups is 1. The van der Waals surface area contributed by atoms with Gasteiger partial charge in [-0.1, -0.05) is 30.3 Å². The summed E-state index contributed by atoms with van der Waals surface area (Å²) in [5.41, 5.74) is 2.08. The van der Waals surface area contributed by atoms with Crippen molar-refractivity contribution in [2.75, 3.05) is 0 Å². The minimum absolute atomic E-state index is 0.0927. The second-order valence-electron chi connectivity index (χ2n) is 5.36. The van der Waals surface area contributed by atoms with Gasteiger partial charge in [0, 0.05) is 5.56 Å². The first-order valence-electron chi connectivity index (χ1n) is 6.75. The zero-order valence-electron chi connectivity index (χ0n) is 11.3. The SMILES string of the molecule is Cc1ccccc1C(=O)NC1(c2cccc(F)c2)CC1. The van der Waals surface area contributed by atoms with Gasteiger partial charge >= 0.3 is 0 Å². The summed E-state index contributed by atoms with van der Waals surface area (Å²) < 4.78 is 13.3. The molecule has 0 saturated heterocycles. The van der Waals surface area contributed by atoms with Gasteiger partial charge in [0.05, 0.1) is 5.54 Å². The number of halogens is 1. The van der Waals surface area contributed by atoms with E-state index in [9.17, 15) is 9.18 Å². The molecule has 0 atom stereocenters. The Labute approximate surface area is 117 Å². The zero-order valence-corrected chi connectivity index (χ0v) is 11.3. The van der Waals surface area contributed by atoms with E-state index in [-0.39, 0.29) is 17.3 Å². The van der Waals surface area contributed by atoms with E-state index in [1.54, 1.807) is 6.07 Å². The molecule has 3 rings (SSSR count). The lowest BCUT2D eigenvalue weighted by Gasteiger charge is -2.18. The lowest BCUT2D eigenvalue weighted by Crippen LogP contribution is -2.35. The van der Waals surface area contributed by atoms with Crippen LogP contribution >= 0.6 is 0 Å². The summed E-state index contributed by atoms with van der Waals surface area (Å²) in [5.74, 6) is -0.358. The van der Waals surface area contributed by atoms with Crippen LogP contribution in [0.4, 0.5) is 4.39 Å². The van der Waals surface area contributed by atoms with Crippen molar-refractivity contribution in [3.8, 4) is 0 Å². The van der Waals surface area contributed by atoms with Crippen LogP contribution in [-0.4, -0.2) is 5.91 Å². The van der Waals surface area contributed by atoms with Gasteiger partial charge in [0.1, 0.15) is 5.82 Å². The monoisotopic (exact) mass is 269 g/mol. The third-order valence-electron chi connectivity index (χ3n) is 3.87. The molecule has 0 heterocycles. The molecular weight excluding hydrogens is 253 g/mol. The average molecular weight is 269 g/mol. The average Bonchev–Trinajstić information content (AvgIpc) is 3.20. The molecule has 1 saturated carbocycles. The fraction of sp³-hybridized carbons (Fsp3) is 0.235. The Morgan fingerprint density at radius 1 is 1.15 bits per heavy atom. The van der Waals surface area contributed by atoms with Crippen molar-refractivity contribution in [1.82, 2.24) is 5.32 Å². The van der Waals surface area contributed by atoms with Crippen molar-refractivity contribution < 1.29 is 9.18 Å². The molecule has 2 aromatic rings. The number of nitrogens with one attached hydrogen (secondary N) is 1. The highest BCUT2D eigenvalue weighted by atomic mass is 19.1. The zero-order chi connectivity index (χ0) is 14.2. The summed E-state index contributed by atoms with van der Waals surface area (Å²) in [5, 5.41) is 3.06. The van der Waals surface area contributed by atoms with E-state index in [1.165, 1.54) is 12.1 Å². The van der Waals surface area contributed by atoms with E-state index < -0.39 is 0 Å². The molecule has 1 N–H and O–H groups in total. The molecule has 0 bridgehead atoms. The lowest BCUT2D eigenvalue weighted by molar-refractivity contribution is 0.0930. The van der Waals surface area contributed by atoms with Crippen LogP contribution in [0.2, 0.25) is 0 Å². The smallest absolute Gasteiger partial charge is 0.252 e. The molecule has 2 aromatic carbocycles. The second kappa shape index (κ2) is 4.75. The van der Waals surface area contributed by atoms with E-state index in [2.05, 4.69) is 5.32 Å². The fourth-order valence-corrected chi connectivity index (χ4v) is 2.51. The Balaban J connectivity index is 1.84. The van der Waals surface area contributed by atoms with Gasteiger partial charge in [-0.2, -0.15) is 0 Å². The highest BCUT2D eigenvalue weighted by molar-refractivity contribution is 5.96. The third-order valence-corrected chi connectivity index (χ3v) is 3.87. The predicted molar refractivity (Wildman–Crippen MR) is 76.0 cm³/mol. The summed E-state index contributed by atoms with van der Waals surface area (Å²) >= 11 is 0. The van der Waals surface area contributed by atoms with Crippen LogP contribution < -0.4 is 5.32 Å². The molecule has 0 unspecified atom stereocenters. The van der Waals surface area contributed by atoms with Crippen molar-refractivity contribution >= 4 is 5.91 Å². The molecule has 1 aliphatic rings. The lowest BCUT2D eigenvalue weighted by atomic mass is 10.0. The van der Waals surface area contributed by atoms with E-state index in [4.69, 9.17) is 0 Å².